The second-order valence-corrected chi connectivity index (χ2v) is 7.43. The van der Waals surface area contributed by atoms with Crippen LogP contribution < -0.4 is 5.32 Å². The van der Waals surface area contributed by atoms with Crippen LogP contribution in [0.15, 0.2) is 12.4 Å². The van der Waals surface area contributed by atoms with Crippen LogP contribution in [0.25, 0.3) is 0 Å². The van der Waals surface area contributed by atoms with E-state index < -0.39 is 18.0 Å². The second-order valence-electron chi connectivity index (χ2n) is 6.32. The van der Waals surface area contributed by atoms with E-state index in [1.807, 2.05) is 0 Å². The predicted molar refractivity (Wildman–Crippen MR) is 97.0 cm³/mol. The number of amides is 1. The van der Waals surface area contributed by atoms with Crippen LogP contribution in [-0.4, -0.2) is 27.8 Å². The number of thiophene rings is 1. The Hall–Kier alpha value is -2.66. The normalized spacial score (nSPS) is 14.7. The lowest BCUT2D eigenvalue weighted by molar-refractivity contribution is -0.123. The van der Waals surface area contributed by atoms with Gasteiger partial charge in [-0.25, -0.2) is 4.79 Å². The molecule has 2 aromatic heterocycles. The molecule has 2 aromatic rings. The molecule has 1 atom stereocenters. The molecule has 0 unspecified atom stereocenters. The predicted octanol–water partition coefficient (Wildman–Crippen LogP) is 2.81. The molecule has 0 spiro atoms. The molecule has 136 valence electrons. The maximum absolute atomic E-state index is 12.4. The van der Waals surface area contributed by atoms with Gasteiger partial charge in [-0.15, -0.1) is 11.3 Å². The smallest absolute Gasteiger partial charge is 0.342 e. The van der Waals surface area contributed by atoms with Crippen molar-refractivity contribution in [2.75, 3.05) is 5.32 Å². The van der Waals surface area contributed by atoms with E-state index >= 15 is 0 Å². The van der Waals surface area contributed by atoms with Gasteiger partial charge >= 0.3 is 5.97 Å². The highest BCUT2D eigenvalue weighted by Gasteiger charge is 2.24. The number of nitriles is 1. The summed E-state index contributed by atoms with van der Waals surface area (Å²) in [5.74, 6) is -1.06. The molecule has 0 saturated heterocycles. The van der Waals surface area contributed by atoms with Crippen LogP contribution in [0.1, 0.15) is 52.5 Å². The number of hydrogen-bond donors (Lipinski definition) is 1. The lowest BCUT2D eigenvalue weighted by Crippen LogP contribution is -2.29. The molecule has 2 heterocycles. The summed E-state index contributed by atoms with van der Waals surface area (Å²) in [5.41, 5.74) is 1.89. The van der Waals surface area contributed by atoms with Crippen LogP contribution >= 0.6 is 11.3 Å². The first kappa shape index (κ1) is 18.1. The number of carbonyl (C=O) groups is 2. The van der Waals surface area contributed by atoms with Gasteiger partial charge in [0.1, 0.15) is 11.1 Å². The summed E-state index contributed by atoms with van der Waals surface area (Å²) in [6, 6.07) is 2.22. The maximum atomic E-state index is 12.4. The summed E-state index contributed by atoms with van der Waals surface area (Å²) in [6.07, 6.45) is 7.07. The summed E-state index contributed by atoms with van der Waals surface area (Å²) < 4.78 is 6.68. The molecule has 0 radical (unpaired) electrons. The second kappa shape index (κ2) is 7.70. The number of esters is 1. The van der Waals surface area contributed by atoms with Gasteiger partial charge in [0.15, 0.2) is 6.10 Å². The number of anilines is 1. The van der Waals surface area contributed by atoms with E-state index in [1.165, 1.54) is 40.2 Å². The minimum Gasteiger partial charge on any atom is -0.449 e. The fourth-order valence-corrected chi connectivity index (χ4v) is 4.21. The number of carbonyl (C=O) groups excluding carboxylic acids is 2. The number of aromatic nitrogens is 2. The lowest BCUT2D eigenvalue weighted by Gasteiger charge is -2.12. The average molecular weight is 372 g/mol. The molecule has 1 aliphatic carbocycles. The van der Waals surface area contributed by atoms with Crippen molar-refractivity contribution in [2.24, 2.45) is 7.05 Å². The molecule has 26 heavy (non-hydrogen) atoms. The zero-order valence-electron chi connectivity index (χ0n) is 14.7. The Bertz CT molecular complexity index is 878. The molecule has 0 aromatic carbocycles. The van der Waals surface area contributed by atoms with E-state index in [9.17, 15) is 14.9 Å². The van der Waals surface area contributed by atoms with Gasteiger partial charge in [0.2, 0.25) is 0 Å². The lowest BCUT2D eigenvalue weighted by atomic mass is 10.1. The fourth-order valence-electron chi connectivity index (χ4n) is 2.97. The van der Waals surface area contributed by atoms with Crippen LogP contribution in [0.3, 0.4) is 0 Å². The molecule has 1 aliphatic rings. The van der Waals surface area contributed by atoms with E-state index in [1.54, 1.807) is 7.05 Å². The number of nitrogens with zero attached hydrogens (tertiary/aromatic N) is 3. The first-order chi connectivity index (χ1) is 12.5. The number of nitrogens with one attached hydrogen (secondary N) is 1. The van der Waals surface area contributed by atoms with Crippen molar-refractivity contribution in [1.82, 2.24) is 9.78 Å². The number of fused-ring (bicyclic) bond motifs is 1. The van der Waals surface area contributed by atoms with Gasteiger partial charge in [-0.2, -0.15) is 10.4 Å². The minimum atomic E-state index is -0.976. The topological polar surface area (TPSA) is 97.0 Å². The third kappa shape index (κ3) is 3.78. The van der Waals surface area contributed by atoms with Crippen LogP contribution in [0.5, 0.6) is 0 Å². The third-order valence-corrected chi connectivity index (χ3v) is 5.57. The fraction of sp³-hybridized carbons (Fsp3) is 0.444. The van der Waals surface area contributed by atoms with E-state index in [0.717, 1.165) is 37.7 Å². The highest BCUT2D eigenvalue weighted by atomic mass is 32.1. The molecule has 0 bridgehead atoms. The van der Waals surface area contributed by atoms with Crippen molar-refractivity contribution in [3.8, 4) is 6.07 Å². The quantitative estimate of drug-likeness (QED) is 0.657. The first-order valence-electron chi connectivity index (χ1n) is 8.54. The Morgan fingerprint density at radius 1 is 1.38 bits per heavy atom. The van der Waals surface area contributed by atoms with Crippen molar-refractivity contribution in [1.29, 1.82) is 5.26 Å². The molecule has 0 fully saturated rings. The Morgan fingerprint density at radius 3 is 2.85 bits per heavy atom. The molecule has 1 amide bonds. The first-order valence-corrected chi connectivity index (χ1v) is 9.36. The standard InChI is InChI=1S/C18H20N4O3S/c1-11(25-18(24)12-9-20-22(2)10-12)16(23)21-17-14(8-19)13-6-4-3-5-7-15(13)26-17/h9-11H,3-7H2,1-2H3,(H,21,23)/t11-/m1/s1. The largest absolute Gasteiger partial charge is 0.449 e. The Balaban J connectivity index is 1.69. The SMILES string of the molecule is C[C@@H](OC(=O)c1cnn(C)c1)C(=O)Nc1sc2c(c1C#N)CCCCC2. The van der Waals surface area contributed by atoms with Crippen LogP contribution in [0, 0.1) is 11.3 Å². The number of rotatable bonds is 4. The van der Waals surface area contributed by atoms with Gasteiger partial charge in [-0.1, -0.05) is 6.42 Å². The zero-order chi connectivity index (χ0) is 18.7. The number of ether oxygens (including phenoxy) is 1. The Kier molecular flexibility index (Phi) is 5.38. The average Bonchev–Trinajstić information content (AvgIpc) is 3.10. The van der Waals surface area contributed by atoms with E-state index in [-0.39, 0.29) is 5.56 Å². The van der Waals surface area contributed by atoms with Gasteiger partial charge in [0.25, 0.3) is 5.91 Å². The van der Waals surface area contributed by atoms with Gasteiger partial charge in [-0.05, 0) is 38.2 Å². The summed E-state index contributed by atoms with van der Waals surface area (Å²) in [6.45, 7) is 1.51. The molecule has 0 aliphatic heterocycles. The van der Waals surface area contributed by atoms with Crippen LogP contribution in [0.4, 0.5) is 5.00 Å². The third-order valence-electron chi connectivity index (χ3n) is 4.36. The van der Waals surface area contributed by atoms with E-state index in [2.05, 4.69) is 16.5 Å². The number of aryl methyl sites for hydroxylation is 2. The van der Waals surface area contributed by atoms with Gasteiger partial charge in [0.05, 0.1) is 17.3 Å². The van der Waals surface area contributed by atoms with Gasteiger partial charge in [0, 0.05) is 18.1 Å². The Morgan fingerprint density at radius 2 is 2.15 bits per heavy atom. The van der Waals surface area contributed by atoms with E-state index in [0.29, 0.717) is 10.6 Å². The molecule has 0 saturated carbocycles. The summed E-state index contributed by atoms with van der Waals surface area (Å²) in [4.78, 5) is 25.6. The van der Waals surface area contributed by atoms with Gasteiger partial charge in [-0.3, -0.25) is 9.48 Å². The monoisotopic (exact) mass is 372 g/mol. The van der Waals surface area contributed by atoms with Crippen LogP contribution in [-0.2, 0) is 29.4 Å². The van der Waals surface area contributed by atoms with Crippen molar-refractivity contribution < 1.29 is 14.3 Å². The van der Waals surface area contributed by atoms with Crippen LogP contribution in [0.2, 0.25) is 0 Å². The summed E-state index contributed by atoms with van der Waals surface area (Å²) in [7, 11) is 1.69. The van der Waals surface area contributed by atoms with Crippen molar-refractivity contribution in [3.05, 3.63) is 34.0 Å². The highest BCUT2D eigenvalue weighted by Crippen LogP contribution is 2.37. The van der Waals surface area contributed by atoms with Crippen molar-refractivity contribution in [2.45, 2.75) is 45.1 Å². The molecule has 1 N–H and O–H groups in total. The molecule has 7 nitrogen and oxygen atoms in total. The van der Waals surface area contributed by atoms with Gasteiger partial charge < -0.3 is 10.1 Å². The van der Waals surface area contributed by atoms with E-state index in [4.69, 9.17) is 4.74 Å². The summed E-state index contributed by atoms with van der Waals surface area (Å²) >= 11 is 1.46. The zero-order valence-corrected chi connectivity index (χ0v) is 15.6. The molecular weight excluding hydrogens is 352 g/mol. The summed E-state index contributed by atoms with van der Waals surface area (Å²) in [5, 5.41) is 16.7. The molecule has 3 rings (SSSR count). The molecule has 8 heteroatoms. The maximum Gasteiger partial charge on any atom is 0.342 e. The van der Waals surface area contributed by atoms with Crippen molar-refractivity contribution in [3.63, 3.8) is 0 Å². The number of hydrogen-bond acceptors (Lipinski definition) is 6. The highest BCUT2D eigenvalue weighted by molar-refractivity contribution is 7.16. The minimum absolute atomic E-state index is 0.285. The molecular formula is C18H20N4O3S. The van der Waals surface area contributed by atoms with Crippen molar-refractivity contribution >= 4 is 28.2 Å². The Labute approximate surface area is 155 Å².